The zero-order valence-electron chi connectivity index (χ0n) is 19.6. The molecule has 10 heteroatoms. The summed E-state index contributed by atoms with van der Waals surface area (Å²) in [7, 11) is 0. The van der Waals surface area contributed by atoms with Crippen LogP contribution < -0.4 is 10.8 Å². The highest BCUT2D eigenvalue weighted by Crippen LogP contribution is 2.16. The number of ether oxygens (including phenoxy) is 1. The minimum atomic E-state index is -0.819. The second-order valence-electron chi connectivity index (χ2n) is 8.82. The molecule has 4 rings (SSSR count). The first-order valence-electron chi connectivity index (χ1n) is 12.1. The molecular weight excluding hydrogens is 456 g/mol. The number of likely N-dealkylation sites (tertiary alicyclic amines) is 1. The third-order valence-electron chi connectivity index (χ3n) is 6.06. The number of nitrogens with one attached hydrogen (secondary N) is 2. The third kappa shape index (κ3) is 8.05. The van der Waals surface area contributed by atoms with E-state index in [0.717, 1.165) is 57.3 Å². The number of rotatable bonds is 9. The van der Waals surface area contributed by atoms with Crippen molar-refractivity contribution in [3.05, 3.63) is 59.6 Å². The van der Waals surface area contributed by atoms with E-state index in [1.807, 2.05) is 0 Å². The van der Waals surface area contributed by atoms with E-state index in [9.17, 15) is 13.6 Å². The van der Waals surface area contributed by atoms with Crippen LogP contribution in [-0.4, -0.2) is 59.3 Å². The number of amides is 1. The molecule has 2 N–H and O–H groups in total. The Bertz CT molecular complexity index is 999. The molecule has 8 nitrogen and oxygen atoms in total. The van der Waals surface area contributed by atoms with E-state index in [-0.39, 0.29) is 6.04 Å². The molecule has 2 fully saturated rings. The van der Waals surface area contributed by atoms with Crippen LogP contribution in [0.15, 0.2) is 36.7 Å². The van der Waals surface area contributed by atoms with E-state index in [2.05, 4.69) is 25.7 Å². The molecule has 2 aliphatic heterocycles. The second-order valence-corrected chi connectivity index (χ2v) is 8.82. The van der Waals surface area contributed by atoms with Gasteiger partial charge in [-0.2, -0.15) is 0 Å². The predicted molar refractivity (Wildman–Crippen MR) is 127 cm³/mol. The number of hydroxylamine groups is 1. The average Bonchev–Trinajstić information content (AvgIpc) is 2.88. The summed E-state index contributed by atoms with van der Waals surface area (Å²) in [6.45, 7) is 3.22. The molecule has 0 spiro atoms. The van der Waals surface area contributed by atoms with E-state index < -0.39 is 23.8 Å². The Kier molecular flexibility index (Phi) is 9.10. The first-order chi connectivity index (χ1) is 17.0. The molecule has 3 heterocycles. The molecule has 2 aliphatic rings. The lowest BCUT2D eigenvalue weighted by Crippen LogP contribution is -2.43. The Morgan fingerprint density at radius 3 is 2.86 bits per heavy atom. The van der Waals surface area contributed by atoms with E-state index >= 15 is 0 Å². The van der Waals surface area contributed by atoms with Crippen LogP contribution in [0.5, 0.6) is 0 Å². The molecule has 1 unspecified atom stereocenters. The molecule has 1 aromatic carbocycles. The number of nitrogens with zero attached hydrogens (tertiary/aromatic N) is 3. The summed E-state index contributed by atoms with van der Waals surface area (Å²) in [6, 6.07) is 4.29. The number of anilines is 1. The van der Waals surface area contributed by atoms with E-state index in [0.29, 0.717) is 24.5 Å². The normalized spacial score (nSPS) is 21.2. The number of aromatic nitrogens is 2. The smallest absolute Gasteiger partial charge is 0.267 e. The standard InChI is InChI=1S/C25H31F2N5O3/c26-21-8-6-18(14-22(21)27)10-12-32-11-3-4-20(17-32)30-23-16-28-19(15-29-23)7-9-24(33)31-35-25-5-1-2-13-34-25/h6-9,14-16,20,25H,1-5,10-13,17H2,(H,29,30)(H,31,33)/b9-7+/t20-,25?/m1/s1. The van der Waals surface area contributed by atoms with Crippen molar-refractivity contribution < 1.29 is 23.1 Å². The monoisotopic (exact) mass is 487 g/mol. The summed E-state index contributed by atoms with van der Waals surface area (Å²) in [6.07, 6.45) is 11.2. The number of hydrogen-bond acceptors (Lipinski definition) is 7. The van der Waals surface area contributed by atoms with Crippen LogP contribution in [0.4, 0.5) is 14.6 Å². The van der Waals surface area contributed by atoms with Crippen LogP contribution in [0.2, 0.25) is 0 Å². The van der Waals surface area contributed by atoms with Crippen LogP contribution in [0.25, 0.3) is 6.08 Å². The lowest BCUT2D eigenvalue weighted by Gasteiger charge is -2.33. The molecule has 0 bridgehead atoms. The topological polar surface area (TPSA) is 88.6 Å². The minimum absolute atomic E-state index is 0.217. The van der Waals surface area contributed by atoms with Crippen molar-refractivity contribution in [2.75, 3.05) is 31.6 Å². The highest BCUT2D eigenvalue weighted by Gasteiger charge is 2.20. The number of hydrogen-bond donors (Lipinski definition) is 2. The Labute approximate surface area is 203 Å². The zero-order valence-corrected chi connectivity index (χ0v) is 19.6. The molecule has 0 aliphatic carbocycles. The molecule has 1 aromatic heterocycles. The van der Waals surface area contributed by atoms with Crippen LogP contribution in [0.1, 0.15) is 43.4 Å². The van der Waals surface area contributed by atoms with Crippen molar-refractivity contribution in [2.45, 2.75) is 50.9 Å². The van der Waals surface area contributed by atoms with E-state index in [1.165, 1.54) is 18.2 Å². The number of halogens is 2. The number of benzene rings is 1. The van der Waals surface area contributed by atoms with Crippen molar-refractivity contribution in [1.82, 2.24) is 20.3 Å². The maximum atomic E-state index is 13.4. The first-order valence-corrected chi connectivity index (χ1v) is 12.1. The quantitative estimate of drug-likeness (QED) is 0.414. The number of carbonyl (C=O) groups excluding carboxylic acids is 1. The van der Waals surface area contributed by atoms with Gasteiger partial charge in [-0.25, -0.2) is 24.1 Å². The fraction of sp³-hybridized carbons (Fsp3) is 0.480. The van der Waals surface area contributed by atoms with Gasteiger partial charge in [0.05, 0.1) is 18.1 Å². The average molecular weight is 488 g/mol. The van der Waals surface area contributed by atoms with Gasteiger partial charge in [0.2, 0.25) is 0 Å². The summed E-state index contributed by atoms with van der Waals surface area (Å²) in [5.41, 5.74) is 3.71. The summed E-state index contributed by atoms with van der Waals surface area (Å²) >= 11 is 0. The Hall–Kier alpha value is -2.95. The third-order valence-corrected chi connectivity index (χ3v) is 6.06. The molecule has 2 atom stereocenters. The lowest BCUT2D eigenvalue weighted by molar-refractivity contribution is -0.198. The van der Waals surface area contributed by atoms with Gasteiger partial charge in [-0.05, 0) is 62.4 Å². The molecule has 35 heavy (non-hydrogen) atoms. The highest BCUT2D eigenvalue weighted by atomic mass is 19.2. The minimum Gasteiger partial charge on any atom is -0.365 e. The van der Waals surface area contributed by atoms with Crippen LogP contribution in [0, 0.1) is 11.6 Å². The zero-order chi connectivity index (χ0) is 24.5. The highest BCUT2D eigenvalue weighted by molar-refractivity contribution is 5.90. The number of carbonyl (C=O) groups is 1. The molecule has 1 amide bonds. The summed E-state index contributed by atoms with van der Waals surface area (Å²) < 4.78 is 31.9. The van der Waals surface area contributed by atoms with Gasteiger partial charge >= 0.3 is 0 Å². The van der Waals surface area contributed by atoms with Crippen molar-refractivity contribution in [2.24, 2.45) is 0 Å². The molecule has 2 saturated heterocycles. The molecular formula is C25H31F2N5O3. The lowest BCUT2D eigenvalue weighted by atomic mass is 10.0. The fourth-order valence-corrected chi connectivity index (χ4v) is 4.19. The van der Waals surface area contributed by atoms with Crippen LogP contribution in [0.3, 0.4) is 0 Å². The molecule has 188 valence electrons. The number of piperidine rings is 1. The van der Waals surface area contributed by atoms with Gasteiger partial charge in [0.1, 0.15) is 5.82 Å². The maximum Gasteiger partial charge on any atom is 0.267 e. The van der Waals surface area contributed by atoms with Crippen molar-refractivity contribution in [3.63, 3.8) is 0 Å². The van der Waals surface area contributed by atoms with Crippen molar-refractivity contribution >= 4 is 17.8 Å². The van der Waals surface area contributed by atoms with Gasteiger partial charge in [0.15, 0.2) is 17.9 Å². The van der Waals surface area contributed by atoms with Gasteiger partial charge in [-0.1, -0.05) is 6.07 Å². The van der Waals surface area contributed by atoms with Gasteiger partial charge in [-0.3, -0.25) is 9.78 Å². The largest absolute Gasteiger partial charge is 0.365 e. The second kappa shape index (κ2) is 12.7. The summed E-state index contributed by atoms with van der Waals surface area (Å²) in [5, 5.41) is 3.41. The predicted octanol–water partition coefficient (Wildman–Crippen LogP) is 3.46. The van der Waals surface area contributed by atoms with E-state index in [4.69, 9.17) is 9.57 Å². The first kappa shape index (κ1) is 25.2. The van der Waals surface area contributed by atoms with Gasteiger partial charge in [0, 0.05) is 38.2 Å². The molecule has 2 aromatic rings. The SMILES string of the molecule is O=C(/C=C/c1cnc(N[C@@H]2CCCN(CCc3ccc(F)c(F)c3)C2)cn1)NOC1CCCCO1. The Morgan fingerprint density at radius 1 is 1.17 bits per heavy atom. The maximum absolute atomic E-state index is 13.4. The van der Waals surface area contributed by atoms with Crippen molar-refractivity contribution in [1.29, 1.82) is 0 Å². The van der Waals surface area contributed by atoms with E-state index in [1.54, 1.807) is 24.5 Å². The van der Waals surface area contributed by atoms with Crippen LogP contribution in [-0.2, 0) is 20.8 Å². The fourth-order valence-electron chi connectivity index (χ4n) is 4.19. The Balaban J connectivity index is 1.20. The van der Waals surface area contributed by atoms with Crippen LogP contribution >= 0.6 is 0 Å². The van der Waals surface area contributed by atoms with Gasteiger partial charge in [0.25, 0.3) is 5.91 Å². The van der Waals surface area contributed by atoms with Crippen molar-refractivity contribution in [3.8, 4) is 0 Å². The van der Waals surface area contributed by atoms with Gasteiger partial charge < -0.3 is 15.0 Å². The summed E-state index contributed by atoms with van der Waals surface area (Å²) in [5.74, 6) is -1.35. The summed E-state index contributed by atoms with van der Waals surface area (Å²) in [4.78, 5) is 28.2. The van der Waals surface area contributed by atoms with Gasteiger partial charge in [-0.15, -0.1) is 0 Å². The molecule has 0 radical (unpaired) electrons. The molecule has 0 saturated carbocycles. The Morgan fingerprint density at radius 2 is 2.09 bits per heavy atom.